The Kier molecular flexibility index (Phi) is 4.53. The average Bonchev–Trinajstić information content (AvgIpc) is 2.67. The van der Waals surface area contributed by atoms with E-state index in [1.54, 1.807) is 26.1 Å². The van der Waals surface area contributed by atoms with Gasteiger partial charge in [-0.3, -0.25) is 4.79 Å². The van der Waals surface area contributed by atoms with E-state index < -0.39 is 23.1 Å². The molecular formula is C22H21F2N3O2. The van der Waals surface area contributed by atoms with Gasteiger partial charge in [-0.15, -0.1) is 0 Å². The molecular weight excluding hydrogens is 376 g/mol. The number of benzene rings is 1. The molecule has 3 aliphatic carbocycles. The van der Waals surface area contributed by atoms with Gasteiger partial charge in [0.1, 0.15) is 17.7 Å². The van der Waals surface area contributed by atoms with Gasteiger partial charge < -0.3 is 9.64 Å². The third-order valence-corrected chi connectivity index (χ3v) is 6.29. The van der Waals surface area contributed by atoms with E-state index in [-0.39, 0.29) is 16.9 Å². The molecule has 1 heterocycles. The topological polar surface area (TPSA) is 66.2 Å². The molecule has 29 heavy (non-hydrogen) atoms. The van der Waals surface area contributed by atoms with Crippen LogP contribution in [0.15, 0.2) is 36.5 Å². The Morgan fingerprint density at radius 1 is 1.31 bits per heavy atom. The molecule has 150 valence electrons. The third-order valence-electron chi connectivity index (χ3n) is 6.29. The highest BCUT2D eigenvalue weighted by Gasteiger charge is 2.72. The highest BCUT2D eigenvalue weighted by atomic mass is 19.1. The quantitative estimate of drug-likeness (QED) is 0.739. The zero-order valence-electron chi connectivity index (χ0n) is 16.3. The molecule has 1 atom stereocenters. The van der Waals surface area contributed by atoms with Gasteiger partial charge in [-0.1, -0.05) is 0 Å². The average molecular weight is 397 g/mol. The van der Waals surface area contributed by atoms with Crippen molar-refractivity contribution in [2.75, 3.05) is 13.7 Å². The minimum absolute atomic E-state index is 0.0284. The SMILES string of the molecule is CC(c1cc(F)ccc1F)N(C)C(=O)C12CC(COc3ccc(C#N)cn3)(C1)C2. The minimum Gasteiger partial charge on any atom is -0.477 e. The van der Waals surface area contributed by atoms with Crippen LogP contribution in [0.2, 0.25) is 0 Å². The molecule has 0 radical (unpaired) electrons. The molecule has 7 heteroatoms. The number of carbonyl (C=O) groups is 1. The molecule has 1 aromatic heterocycles. The largest absolute Gasteiger partial charge is 0.477 e. The van der Waals surface area contributed by atoms with Crippen molar-refractivity contribution in [2.45, 2.75) is 32.2 Å². The predicted octanol–water partition coefficient (Wildman–Crippen LogP) is 4.00. The lowest BCUT2D eigenvalue weighted by Gasteiger charge is -2.69. The second-order valence-electron chi connectivity index (χ2n) is 8.35. The van der Waals surface area contributed by atoms with Crippen LogP contribution in [0, 0.1) is 33.8 Å². The molecule has 1 aromatic carbocycles. The maximum Gasteiger partial charge on any atom is 0.229 e. The Hall–Kier alpha value is -3.01. The van der Waals surface area contributed by atoms with E-state index in [1.807, 2.05) is 6.07 Å². The van der Waals surface area contributed by atoms with Gasteiger partial charge in [0.2, 0.25) is 11.8 Å². The molecule has 3 saturated carbocycles. The first kappa shape index (κ1) is 19.3. The van der Waals surface area contributed by atoms with E-state index in [2.05, 4.69) is 4.98 Å². The molecule has 1 amide bonds. The van der Waals surface area contributed by atoms with Crippen LogP contribution in [-0.2, 0) is 4.79 Å². The van der Waals surface area contributed by atoms with Crippen molar-refractivity contribution in [2.24, 2.45) is 10.8 Å². The van der Waals surface area contributed by atoms with Crippen molar-refractivity contribution >= 4 is 5.91 Å². The monoisotopic (exact) mass is 397 g/mol. The zero-order valence-corrected chi connectivity index (χ0v) is 16.3. The number of aromatic nitrogens is 1. The first-order valence-corrected chi connectivity index (χ1v) is 9.49. The maximum atomic E-state index is 14.1. The minimum atomic E-state index is -0.553. The van der Waals surface area contributed by atoms with Gasteiger partial charge in [-0.25, -0.2) is 13.8 Å². The summed E-state index contributed by atoms with van der Waals surface area (Å²) in [5.74, 6) is -0.614. The molecule has 2 aromatic rings. The van der Waals surface area contributed by atoms with Gasteiger partial charge in [0.05, 0.1) is 23.6 Å². The number of hydrogen-bond acceptors (Lipinski definition) is 4. The normalized spacial score (nSPS) is 25.2. The fourth-order valence-electron chi connectivity index (χ4n) is 4.73. The van der Waals surface area contributed by atoms with Crippen LogP contribution >= 0.6 is 0 Å². The van der Waals surface area contributed by atoms with E-state index in [1.165, 1.54) is 11.1 Å². The first-order chi connectivity index (χ1) is 13.8. The van der Waals surface area contributed by atoms with Crippen LogP contribution < -0.4 is 4.74 Å². The molecule has 2 bridgehead atoms. The molecule has 3 fully saturated rings. The molecule has 0 N–H and O–H groups in total. The molecule has 5 nitrogen and oxygen atoms in total. The lowest BCUT2D eigenvalue weighted by atomic mass is 9.35. The first-order valence-electron chi connectivity index (χ1n) is 9.49. The summed E-state index contributed by atoms with van der Waals surface area (Å²) >= 11 is 0. The highest BCUT2D eigenvalue weighted by molar-refractivity contribution is 5.86. The smallest absolute Gasteiger partial charge is 0.229 e. The highest BCUT2D eigenvalue weighted by Crippen LogP contribution is 2.73. The number of pyridine rings is 1. The standard InChI is InChI=1S/C22H21F2N3O2/c1-14(17-7-16(23)4-5-18(17)24)27(2)20(28)22-10-21(11-22,12-22)13-29-19-6-3-15(8-25)9-26-19/h3-7,9,14H,10-13H2,1-2H3. The van der Waals surface area contributed by atoms with Crippen molar-refractivity contribution in [3.05, 3.63) is 59.3 Å². The number of nitrogens with zero attached hydrogens (tertiary/aromatic N) is 3. The second kappa shape index (κ2) is 6.80. The van der Waals surface area contributed by atoms with E-state index in [0.29, 0.717) is 18.1 Å². The van der Waals surface area contributed by atoms with Gasteiger partial charge in [0, 0.05) is 30.3 Å². The van der Waals surface area contributed by atoms with Crippen LogP contribution in [-0.4, -0.2) is 29.4 Å². The Morgan fingerprint density at radius 2 is 2.03 bits per heavy atom. The fourth-order valence-corrected chi connectivity index (χ4v) is 4.73. The van der Waals surface area contributed by atoms with E-state index in [4.69, 9.17) is 10.00 Å². The Labute approximate surface area is 167 Å². The van der Waals surface area contributed by atoms with Crippen molar-refractivity contribution < 1.29 is 18.3 Å². The molecule has 0 spiro atoms. The van der Waals surface area contributed by atoms with Crippen molar-refractivity contribution in [1.82, 2.24) is 9.88 Å². The van der Waals surface area contributed by atoms with E-state index in [0.717, 1.165) is 37.5 Å². The summed E-state index contributed by atoms with van der Waals surface area (Å²) in [5, 5.41) is 8.80. The number of hydrogen-bond donors (Lipinski definition) is 0. The number of ether oxygens (including phenoxy) is 1. The Morgan fingerprint density at radius 3 is 2.66 bits per heavy atom. The van der Waals surface area contributed by atoms with Gasteiger partial charge in [-0.05, 0) is 50.5 Å². The van der Waals surface area contributed by atoms with Crippen LogP contribution in [0.4, 0.5) is 8.78 Å². The summed E-state index contributed by atoms with van der Waals surface area (Å²) in [6.07, 6.45) is 3.62. The molecule has 5 rings (SSSR count). The van der Waals surface area contributed by atoms with Crippen LogP contribution in [0.1, 0.15) is 43.4 Å². The van der Waals surface area contributed by atoms with Gasteiger partial charge in [-0.2, -0.15) is 5.26 Å². The summed E-state index contributed by atoms with van der Waals surface area (Å²) in [6, 6.07) is 8.07. The number of halogens is 2. The number of nitriles is 1. The van der Waals surface area contributed by atoms with Crippen molar-refractivity contribution in [3.8, 4) is 11.9 Å². The molecule has 0 aliphatic heterocycles. The number of carbonyl (C=O) groups excluding carboxylic acids is 1. The molecule has 0 saturated heterocycles. The van der Waals surface area contributed by atoms with Crippen molar-refractivity contribution in [3.63, 3.8) is 0 Å². The van der Waals surface area contributed by atoms with Gasteiger partial charge in [0.25, 0.3) is 0 Å². The lowest BCUT2D eigenvalue weighted by molar-refractivity contribution is -0.226. The maximum absolute atomic E-state index is 14.1. The second-order valence-corrected chi connectivity index (χ2v) is 8.35. The summed E-state index contributed by atoms with van der Waals surface area (Å²) in [7, 11) is 1.64. The summed E-state index contributed by atoms with van der Waals surface area (Å²) < 4.78 is 33.3. The predicted molar refractivity (Wildman–Crippen MR) is 101 cm³/mol. The van der Waals surface area contributed by atoms with E-state index >= 15 is 0 Å². The molecule has 3 aliphatic rings. The lowest BCUT2D eigenvalue weighted by Crippen LogP contribution is -2.69. The number of rotatable bonds is 6. The zero-order chi connectivity index (χ0) is 20.8. The number of amides is 1. The molecule has 1 unspecified atom stereocenters. The summed E-state index contributed by atoms with van der Waals surface area (Å²) in [6.45, 7) is 2.18. The summed E-state index contributed by atoms with van der Waals surface area (Å²) in [5.41, 5.74) is 0.199. The van der Waals surface area contributed by atoms with Gasteiger partial charge >= 0.3 is 0 Å². The van der Waals surface area contributed by atoms with Crippen molar-refractivity contribution in [1.29, 1.82) is 5.26 Å². The summed E-state index contributed by atoms with van der Waals surface area (Å²) in [4.78, 5) is 18.6. The van der Waals surface area contributed by atoms with Gasteiger partial charge in [0.15, 0.2) is 0 Å². The van der Waals surface area contributed by atoms with E-state index in [9.17, 15) is 13.6 Å². The van der Waals surface area contributed by atoms with Crippen LogP contribution in [0.5, 0.6) is 5.88 Å². The fraction of sp³-hybridized carbons (Fsp3) is 0.409. The third kappa shape index (κ3) is 3.23. The van der Waals surface area contributed by atoms with Crippen LogP contribution in [0.25, 0.3) is 0 Å². The Balaban J connectivity index is 1.35. The van der Waals surface area contributed by atoms with Crippen LogP contribution in [0.3, 0.4) is 0 Å². The Bertz CT molecular complexity index is 980.